The van der Waals surface area contributed by atoms with Crippen LogP contribution in [0.2, 0.25) is 0 Å². The van der Waals surface area contributed by atoms with E-state index in [0.717, 1.165) is 18.2 Å². The fraction of sp³-hybridized carbons (Fsp3) is 0.200. The number of rotatable bonds is 3. The van der Waals surface area contributed by atoms with Crippen LogP contribution < -0.4 is 0 Å². The minimum absolute atomic E-state index is 0.0886. The maximum atomic E-state index is 12.9. The molecule has 0 aliphatic rings. The van der Waals surface area contributed by atoms with E-state index in [1.54, 1.807) is 0 Å². The highest BCUT2D eigenvalue weighted by atomic mass is 19.4. The predicted molar refractivity (Wildman–Crippen MR) is 75.6 cm³/mol. The van der Waals surface area contributed by atoms with Gasteiger partial charge in [0, 0.05) is 23.9 Å². The molecule has 23 heavy (non-hydrogen) atoms. The Labute approximate surface area is 128 Å². The predicted octanol–water partition coefficient (Wildman–Crippen LogP) is 3.09. The summed E-state index contributed by atoms with van der Waals surface area (Å²) in [6.45, 7) is 0. The maximum Gasteiger partial charge on any atom is 0.416 e. The number of hydrogen-bond acceptors (Lipinski definition) is 4. The molecule has 2 rings (SSSR count). The zero-order chi connectivity index (χ0) is 17.2. The van der Waals surface area contributed by atoms with Crippen LogP contribution in [0.5, 0.6) is 0 Å². The molecule has 0 atom stereocenters. The van der Waals surface area contributed by atoms with Crippen LogP contribution in [0.15, 0.2) is 30.5 Å². The van der Waals surface area contributed by atoms with Crippen molar-refractivity contribution in [1.29, 1.82) is 0 Å². The number of aromatic nitrogens is 1. The fourth-order valence-corrected chi connectivity index (χ4v) is 2.03. The lowest BCUT2D eigenvalue weighted by Gasteiger charge is -2.07. The SMILES string of the molecule is COC(=O)/C=C/n1cc(C(=O)OC)c2ccc(C(F)(F)F)cc21. The highest BCUT2D eigenvalue weighted by Gasteiger charge is 2.31. The monoisotopic (exact) mass is 327 g/mol. The van der Waals surface area contributed by atoms with E-state index in [1.165, 1.54) is 37.2 Å². The number of benzene rings is 1. The smallest absolute Gasteiger partial charge is 0.416 e. The van der Waals surface area contributed by atoms with E-state index >= 15 is 0 Å². The van der Waals surface area contributed by atoms with E-state index in [-0.39, 0.29) is 16.5 Å². The second-order valence-corrected chi connectivity index (χ2v) is 4.51. The highest BCUT2D eigenvalue weighted by Crippen LogP contribution is 2.33. The van der Waals surface area contributed by atoms with Crippen LogP contribution in [0.25, 0.3) is 17.1 Å². The molecule has 0 bridgehead atoms. The van der Waals surface area contributed by atoms with Crippen molar-refractivity contribution in [3.63, 3.8) is 0 Å². The van der Waals surface area contributed by atoms with E-state index in [4.69, 9.17) is 0 Å². The summed E-state index contributed by atoms with van der Waals surface area (Å²) in [6, 6.07) is 2.96. The first-order chi connectivity index (χ1) is 10.8. The lowest BCUT2D eigenvalue weighted by Crippen LogP contribution is -2.04. The van der Waals surface area contributed by atoms with Crippen molar-refractivity contribution in [1.82, 2.24) is 4.57 Å². The van der Waals surface area contributed by atoms with Gasteiger partial charge in [0.15, 0.2) is 0 Å². The Morgan fingerprint density at radius 2 is 1.87 bits per heavy atom. The summed E-state index contributed by atoms with van der Waals surface area (Å²) in [6.07, 6.45) is -1.00. The molecule has 0 spiro atoms. The Kier molecular flexibility index (Phi) is 4.44. The zero-order valence-corrected chi connectivity index (χ0v) is 12.2. The third kappa shape index (κ3) is 3.36. The van der Waals surface area contributed by atoms with Gasteiger partial charge in [-0.15, -0.1) is 0 Å². The van der Waals surface area contributed by atoms with E-state index in [9.17, 15) is 22.8 Å². The molecule has 0 radical (unpaired) electrons. The number of hydrogen-bond donors (Lipinski definition) is 0. The van der Waals surface area contributed by atoms with Crippen LogP contribution in [0.1, 0.15) is 15.9 Å². The number of carbonyl (C=O) groups excluding carboxylic acids is 2. The topological polar surface area (TPSA) is 57.5 Å². The standard InChI is InChI=1S/C15H12F3NO4/c1-22-13(20)5-6-19-8-11(14(21)23-2)10-4-3-9(7-12(10)19)15(16,17)18/h3-8H,1-2H3/b6-5+. The Hall–Kier alpha value is -2.77. The largest absolute Gasteiger partial charge is 0.466 e. The first-order valence-corrected chi connectivity index (χ1v) is 6.34. The third-order valence-corrected chi connectivity index (χ3v) is 3.14. The third-order valence-electron chi connectivity index (χ3n) is 3.14. The summed E-state index contributed by atoms with van der Waals surface area (Å²) in [7, 11) is 2.34. The lowest BCUT2D eigenvalue weighted by molar-refractivity contribution is -0.137. The molecule has 0 saturated heterocycles. The van der Waals surface area contributed by atoms with Gasteiger partial charge < -0.3 is 14.0 Å². The van der Waals surface area contributed by atoms with Crippen molar-refractivity contribution in [2.75, 3.05) is 14.2 Å². The minimum Gasteiger partial charge on any atom is -0.466 e. The lowest BCUT2D eigenvalue weighted by atomic mass is 10.1. The molecule has 1 heterocycles. The molecule has 0 aliphatic carbocycles. The van der Waals surface area contributed by atoms with Crippen molar-refractivity contribution in [3.8, 4) is 0 Å². The van der Waals surface area contributed by atoms with Gasteiger partial charge in [0.1, 0.15) is 0 Å². The molecule has 5 nitrogen and oxygen atoms in total. The molecule has 0 aliphatic heterocycles. The molecular formula is C15H12F3NO4. The van der Waals surface area contributed by atoms with Crippen LogP contribution in [0.3, 0.4) is 0 Å². The van der Waals surface area contributed by atoms with Gasteiger partial charge in [-0.3, -0.25) is 0 Å². The molecule has 0 fully saturated rings. The number of methoxy groups -OCH3 is 2. The quantitative estimate of drug-likeness (QED) is 0.642. The molecule has 2 aromatic rings. The summed E-state index contributed by atoms with van der Waals surface area (Å²) in [5.41, 5.74) is -0.668. The molecule has 8 heteroatoms. The zero-order valence-electron chi connectivity index (χ0n) is 12.2. The Morgan fingerprint density at radius 3 is 2.43 bits per heavy atom. The highest BCUT2D eigenvalue weighted by molar-refractivity contribution is 6.05. The second-order valence-electron chi connectivity index (χ2n) is 4.51. The summed E-state index contributed by atoms with van der Waals surface area (Å²) in [5, 5.41) is 0.277. The minimum atomic E-state index is -4.53. The number of nitrogens with zero attached hydrogens (tertiary/aromatic N) is 1. The van der Waals surface area contributed by atoms with Gasteiger partial charge in [-0.1, -0.05) is 6.07 Å². The van der Waals surface area contributed by atoms with E-state index in [0.29, 0.717) is 0 Å². The van der Waals surface area contributed by atoms with Gasteiger partial charge in [0.2, 0.25) is 0 Å². The fourth-order valence-electron chi connectivity index (χ4n) is 2.03. The summed E-state index contributed by atoms with van der Waals surface area (Å²) < 4.78 is 48.8. The van der Waals surface area contributed by atoms with Crippen LogP contribution in [0.4, 0.5) is 13.2 Å². The first-order valence-electron chi connectivity index (χ1n) is 6.34. The number of fused-ring (bicyclic) bond motifs is 1. The molecule has 1 aromatic carbocycles. The molecular weight excluding hydrogens is 315 g/mol. The van der Waals surface area contributed by atoms with Crippen LogP contribution in [0, 0.1) is 0 Å². The average Bonchev–Trinajstić information content (AvgIpc) is 2.89. The average molecular weight is 327 g/mol. The number of ether oxygens (including phenoxy) is 2. The molecule has 0 unspecified atom stereocenters. The number of esters is 2. The Bertz CT molecular complexity index is 790. The Balaban J connectivity index is 2.66. The second kappa shape index (κ2) is 6.15. The molecule has 0 N–H and O–H groups in total. The van der Waals surface area contributed by atoms with Crippen LogP contribution >= 0.6 is 0 Å². The maximum absolute atomic E-state index is 12.9. The summed E-state index contributed by atoms with van der Waals surface area (Å²) in [5.74, 6) is -1.38. The van der Waals surface area contributed by atoms with Gasteiger partial charge in [0.25, 0.3) is 0 Å². The van der Waals surface area contributed by atoms with Gasteiger partial charge in [-0.05, 0) is 12.1 Å². The van der Waals surface area contributed by atoms with E-state index in [2.05, 4.69) is 9.47 Å². The van der Waals surface area contributed by atoms with Crippen molar-refractivity contribution in [2.24, 2.45) is 0 Å². The van der Waals surface area contributed by atoms with Crippen molar-refractivity contribution in [2.45, 2.75) is 6.18 Å². The van der Waals surface area contributed by atoms with Crippen LogP contribution in [-0.4, -0.2) is 30.7 Å². The molecule has 1 aromatic heterocycles. The van der Waals surface area contributed by atoms with E-state index < -0.39 is 23.7 Å². The molecule has 0 amide bonds. The van der Waals surface area contributed by atoms with E-state index in [1.807, 2.05) is 0 Å². The summed E-state index contributed by atoms with van der Waals surface area (Å²) >= 11 is 0. The Morgan fingerprint density at radius 1 is 1.17 bits per heavy atom. The first kappa shape index (κ1) is 16.6. The van der Waals surface area contributed by atoms with Crippen molar-refractivity contribution in [3.05, 3.63) is 41.6 Å². The van der Waals surface area contributed by atoms with Crippen molar-refractivity contribution >= 4 is 29.0 Å². The normalized spacial score (nSPS) is 11.9. The van der Waals surface area contributed by atoms with Gasteiger partial charge >= 0.3 is 18.1 Å². The van der Waals surface area contributed by atoms with Gasteiger partial charge in [-0.25, -0.2) is 9.59 Å². The van der Waals surface area contributed by atoms with Gasteiger partial charge in [-0.2, -0.15) is 13.2 Å². The number of carbonyl (C=O) groups is 2. The molecule has 122 valence electrons. The van der Waals surface area contributed by atoms with Crippen LogP contribution in [-0.2, 0) is 20.4 Å². The summed E-state index contributed by atoms with van der Waals surface area (Å²) in [4.78, 5) is 22.9. The number of alkyl halides is 3. The number of halogens is 3. The molecule has 0 saturated carbocycles. The van der Waals surface area contributed by atoms with Gasteiger partial charge in [0.05, 0.1) is 30.9 Å². The van der Waals surface area contributed by atoms with Crippen molar-refractivity contribution < 1.29 is 32.2 Å².